The molecule has 0 radical (unpaired) electrons. The van der Waals surface area contributed by atoms with Crippen LogP contribution in [-0.4, -0.2) is 34.9 Å². The summed E-state index contributed by atoms with van der Waals surface area (Å²) in [6.45, 7) is 1.26. The van der Waals surface area contributed by atoms with Gasteiger partial charge < -0.3 is 20.2 Å². The van der Waals surface area contributed by atoms with E-state index in [1.165, 1.54) is 12.1 Å². The van der Waals surface area contributed by atoms with Gasteiger partial charge in [-0.2, -0.15) is 0 Å². The third-order valence-electron chi connectivity index (χ3n) is 3.90. The van der Waals surface area contributed by atoms with Crippen molar-refractivity contribution < 1.29 is 19.2 Å². The van der Waals surface area contributed by atoms with Crippen molar-refractivity contribution in [2.45, 2.75) is 13.0 Å². The molecule has 1 aliphatic heterocycles. The molecule has 1 atom stereocenters. The smallest absolute Gasteiger partial charge is 0.366 e. The van der Waals surface area contributed by atoms with Gasteiger partial charge in [0.25, 0.3) is 11.7 Å². The molecule has 0 aliphatic carbocycles. The average molecular weight is 356 g/mol. The van der Waals surface area contributed by atoms with Gasteiger partial charge in [0, 0.05) is 6.07 Å². The zero-order chi connectivity index (χ0) is 18.7. The summed E-state index contributed by atoms with van der Waals surface area (Å²) in [5.41, 5.74) is 0.920. The fourth-order valence-corrected chi connectivity index (χ4v) is 2.59. The number of carbonyl (C=O) groups excluding carboxylic acids is 2. The normalized spacial score (nSPS) is 14.2. The van der Waals surface area contributed by atoms with E-state index in [0.717, 1.165) is 10.5 Å². The summed E-state index contributed by atoms with van der Waals surface area (Å²) in [6.07, 6.45) is 0. The van der Waals surface area contributed by atoms with Crippen LogP contribution < -0.4 is 15.0 Å². The van der Waals surface area contributed by atoms with Crippen molar-refractivity contribution in [2.75, 3.05) is 18.1 Å². The molecule has 134 valence electrons. The molecule has 2 heterocycles. The third kappa shape index (κ3) is 3.61. The molecule has 0 spiro atoms. The van der Waals surface area contributed by atoms with Gasteiger partial charge in [-0.05, 0) is 28.5 Å². The Morgan fingerprint density at radius 2 is 2.08 bits per heavy atom. The van der Waals surface area contributed by atoms with Gasteiger partial charge in [-0.15, -0.1) is 0 Å². The SMILES string of the molecule is CC(NC(=O)CN1C(=O)COc2ccc([N+](=O)[O-])nc21)c1ccccc1. The molecule has 1 unspecified atom stereocenters. The lowest BCUT2D eigenvalue weighted by molar-refractivity contribution is -0.389. The monoisotopic (exact) mass is 356 g/mol. The maximum Gasteiger partial charge on any atom is 0.366 e. The first-order chi connectivity index (χ1) is 12.5. The summed E-state index contributed by atoms with van der Waals surface area (Å²) in [6, 6.07) is 11.7. The molecule has 0 saturated heterocycles. The number of hydrogen-bond donors (Lipinski definition) is 1. The van der Waals surface area contributed by atoms with E-state index in [4.69, 9.17) is 4.74 Å². The molecule has 26 heavy (non-hydrogen) atoms. The first-order valence-electron chi connectivity index (χ1n) is 7.88. The van der Waals surface area contributed by atoms with Gasteiger partial charge >= 0.3 is 5.82 Å². The lowest BCUT2D eigenvalue weighted by atomic mass is 10.1. The van der Waals surface area contributed by atoms with Crippen molar-refractivity contribution >= 4 is 23.5 Å². The van der Waals surface area contributed by atoms with Crippen molar-refractivity contribution in [1.29, 1.82) is 0 Å². The van der Waals surface area contributed by atoms with Gasteiger partial charge in [-0.1, -0.05) is 30.3 Å². The van der Waals surface area contributed by atoms with Gasteiger partial charge in [-0.3, -0.25) is 14.5 Å². The Balaban J connectivity index is 1.77. The molecular weight excluding hydrogens is 340 g/mol. The number of ether oxygens (including phenoxy) is 1. The Kier molecular flexibility index (Phi) is 4.78. The van der Waals surface area contributed by atoms with E-state index in [1.54, 1.807) is 0 Å². The molecule has 1 aliphatic rings. The van der Waals surface area contributed by atoms with Crippen LogP contribution >= 0.6 is 0 Å². The number of nitrogens with zero attached hydrogens (tertiary/aromatic N) is 3. The summed E-state index contributed by atoms with van der Waals surface area (Å²) in [7, 11) is 0. The molecule has 9 heteroatoms. The van der Waals surface area contributed by atoms with Crippen LogP contribution in [0.15, 0.2) is 42.5 Å². The summed E-state index contributed by atoms with van der Waals surface area (Å²) in [4.78, 5) is 39.7. The maximum absolute atomic E-state index is 12.4. The second kappa shape index (κ2) is 7.18. The minimum absolute atomic E-state index is 0.0297. The number of carbonyl (C=O) groups is 2. The Hall–Kier alpha value is -3.49. The fraction of sp³-hybridized carbons (Fsp3) is 0.235. The number of aromatic nitrogens is 1. The lowest BCUT2D eigenvalue weighted by Gasteiger charge is -2.25. The molecule has 2 amide bonds. The number of fused-ring (bicyclic) bond motifs is 1. The quantitative estimate of drug-likeness (QED) is 0.643. The number of anilines is 1. The number of hydrogen-bond acceptors (Lipinski definition) is 6. The third-order valence-corrected chi connectivity index (χ3v) is 3.90. The zero-order valence-corrected chi connectivity index (χ0v) is 13.9. The van der Waals surface area contributed by atoms with Crippen molar-refractivity contribution in [3.63, 3.8) is 0 Å². The van der Waals surface area contributed by atoms with E-state index in [9.17, 15) is 19.7 Å². The largest absolute Gasteiger partial charge is 0.477 e. The lowest BCUT2D eigenvalue weighted by Crippen LogP contribution is -2.46. The van der Waals surface area contributed by atoms with Gasteiger partial charge in [0.15, 0.2) is 12.4 Å². The maximum atomic E-state index is 12.4. The molecule has 2 aromatic rings. The topological polar surface area (TPSA) is 115 Å². The Bertz CT molecular complexity index is 855. The molecule has 0 fully saturated rings. The van der Waals surface area contributed by atoms with Crippen molar-refractivity contribution in [3.05, 3.63) is 58.1 Å². The number of amides is 2. The highest BCUT2D eigenvalue weighted by atomic mass is 16.6. The highest BCUT2D eigenvalue weighted by Gasteiger charge is 2.33. The zero-order valence-electron chi connectivity index (χ0n) is 13.9. The predicted molar refractivity (Wildman–Crippen MR) is 91.7 cm³/mol. The van der Waals surface area contributed by atoms with Gasteiger partial charge in [-0.25, -0.2) is 0 Å². The number of pyridine rings is 1. The van der Waals surface area contributed by atoms with Crippen LogP contribution in [0.2, 0.25) is 0 Å². The first kappa shape index (κ1) is 17.3. The summed E-state index contributed by atoms with van der Waals surface area (Å²) in [5, 5.41) is 13.7. The van der Waals surface area contributed by atoms with Gasteiger partial charge in [0.2, 0.25) is 5.91 Å². The van der Waals surface area contributed by atoms with Gasteiger partial charge in [0.1, 0.15) is 6.54 Å². The summed E-state index contributed by atoms with van der Waals surface area (Å²) in [5.74, 6) is -1.13. The second-order valence-electron chi connectivity index (χ2n) is 5.72. The Morgan fingerprint density at radius 1 is 1.35 bits per heavy atom. The van der Waals surface area contributed by atoms with E-state index in [2.05, 4.69) is 10.3 Å². The molecule has 0 saturated carbocycles. The molecule has 1 aromatic heterocycles. The van der Waals surface area contributed by atoms with Crippen LogP contribution in [0.25, 0.3) is 0 Å². The fourth-order valence-electron chi connectivity index (χ4n) is 2.59. The first-order valence-corrected chi connectivity index (χ1v) is 7.88. The molecule has 1 aromatic carbocycles. The van der Waals surface area contributed by atoms with Crippen LogP contribution in [0.5, 0.6) is 5.75 Å². The number of rotatable bonds is 5. The van der Waals surface area contributed by atoms with Crippen molar-refractivity contribution in [1.82, 2.24) is 10.3 Å². The van der Waals surface area contributed by atoms with Crippen molar-refractivity contribution in [2.24, 2.45) is 0 Å². The number of nitrogens with one attached hydrogen (secondary N) is 1. The van der Waals surface area contributed by atoms with Crippen LogP contribution in [0, 0.1) is 10.1 Å². The van der Waals surface area contributed by atoms with Crippen LogP contribution in [-0.2, 0) is 9.59 Å². The number of benzene rings is 1. The molecule has 0 bridgehead atoms. The van der Waals surface area contributed by atoms with Crippen LogP contribution in [0.3, 0.4) is 0 Å². The highest BCUT2D eigenvalue weighted by Crippen LogP contribution is 2.31. The van der Waals surface area contributed by atoms with E-state index in [-0.39, 0.29) is 30.8 Å². The van der Waals surface area contributed by atoms with Crippen LogP contribution in [0.1, 0.15) is 18.5 Å². The minimum Gasteiger partial charge on any atom is -0.477 e. The van der Waals surface area contributed by atoms with E-state index < -0.39 is 22.6 Å². The van der Waals surface area contributed by atoms with Gasteiger partial charge in [0.05, 0.1) is 6.04 Å². The Morgan fingerprint density at radius 3 is 2.77 bits per heavy atom. The Labute approximate surface area is 148 Å². The number of nitro groups is 1. The van der Waals surface area contributed by atoms with E-state index >= 15 is 0 Å². The predicted octanol–water partition coefficient (Wildman–Crippen LogP) is 1.59. The molecule has 3 rings (SSSR count). The van der Waals surface area contributed by atoms with E-state index in [1.807, 2.05) is 37.3 Å². The standard InChI is InChI=1S/C17H16N4O5/c1-11(12-5-3-2-4-6-12)18-15(22)9-20-16(23)10-26-13-7-8-14(21(24)25)19-17(13)20/h2-8,11H,9-10H2,1H3,(H,18,22). The van der Waals surface area contributed by atoms with Crippen LogP contribution in [0.4, 0.5) is 11.6 Å². The summed E-state index contributed by atoms with van der Waals surface area (Å²) < 4.78 is 5.22. The minimum atomic E-state index is -0.672. The van der Waals surface area contributed by atoms with Crippen molar-refractivity contribution in [3.8, 4) is 5.75 Å². The molecular formula is C17H16N4O5. The molecule has 9 nitrogen and oxygen atoms in total. The average Bonchev–Trinajstić information content (AvgIpc) is 2.64. The summed E-state index contributed by atoms with van der Waals surface area (Å²) >= 11 is 0. The molecule has 1 N–H and O–H groups in total. The van der Waals surface area contributed by atoms with E-state index in [0.29, 0.717) is 0 Å². The second-order valence-corrected chi connectivity index (χ2v) is 5.72. The highest BCUT2D eigenvalue weighted by molar-refractivity contribution is 6.01.